The van der Waals surface area contributed by atoms with Crippen molar-refractivity contribution in [2.75, 3.05) is 19.5 Å². The lowest BCUT2D eigenvalue weighted by atomic mass is 9.89. The van der Waals surface area contributed by atoms with Crippen LogP contribution in [0.4, 0.5) is 5.69 Å². The van der Waals surface area contributed by atoms with Crippen molar-refractivity contribution in [3.05, 3.63) is 29.6 Å². The molecule has 0 saturated heterocycles. The summed E-state index contributed by atoms with van der Waals surface area (Å²) < 4.78 is 10.5. The van der Waals surface area contributed by atoms with Crippen LogP contribution in [0.3, 0.4) is 0 Å². The zero-order valence-electron chi connectivity index (χ0n) is 12.5. The minimum atomic E-state index is -0.117. The van der Waals surface area contributed by atoms with Crippen molar-refractivity contribution in [3.8, 4) is 11.5 Å². The van der Waals surface area contributed by atoms with Gasteiger partial charge >= 0.3 is 0 Å². The van der Waals surface area contributed by atoms with Crippen LogP contribution in [0.5, 0.6) is 11.5 Å². The number of carbonyl (C=O) groups is 1. The lowest BCUT2D eigenvalue weighted by molar-refractivity contribution is -0.120. The fourth-order valence-electron chi connectivity index (χ4n) is 2.66. The summed E-state index contributed by atoms with van der Waals surface area (Å²) in [6.45, 7) is 0. The van der Waals surface area contributed by atoms with Gasteiger partial charge in [0.1, 0.15) is 11.5 Å². The number of ether oxygens (including phenoxy) is 2. The number of amides is 1. The molecule has 22 heavy (non-hydrogen) atoms. The first-order chi connectivity index (χ1) is 10.7. The van der Waals surface area contributed by atoms with Crippen molar-refractivity contribution < 1.29 is 14.3 Å². The normalized spacial score (nSPS) is 16.7. The van der Waals surface area contributed by atoms with Crippen molar-refractivity contribution in [2.24, 2.45) is 5.92 Å². The first-order valence-electron chi connectivity index (χ1n) is 7.12. The highest BCUT2D eigenvalue weighted by atomic mass is 16.5. The van der Waals surface area contributed by atoms with Gasteiger partial charge in [-0.25, -0.2) is 0 Å². The molecule has 1 amide bonds. The monoisotopic (exact) mass is 302 g/mol. The van der Waals surface area contributed by atoms with Gasteiger partial charge in [0.2, 0.25) is 5.91 Å². The number of nitrogens with zero attached hydrogens (tertiary/aromatic N) is 2. The van der Waals surface area contributed by atoms with Gasteiger partial charge in [-0.2, -0.15) is 15.4 Å². The average molecular weight is 302 g/mol. The van der Waals surface area contributed by atoms with E-state index in [0.717, 1.165) is 24.2 Å². The first-order valence-corrected chi connectivity index (χ1v) is 7.12. The number of H-pyrrole nitrogens is 1. The third-order valence-electron chi connectivity index (χ3n) is 3.91. The number of methoxy groups -OCH3 is 2. The van der Waals surface area contributed by atoms with Gasteiger partial charge in [0.05, 0.1) is 31.3 Å². The molecule has 2 aromatic rings. The summed E-state index contributed by atoms with van der Waals surface area (Å²) in [5.74, 6) is 1.11. The summed E-state index contributed by atoms with van der Waals surface area (Å²) in [5, 5.41) is 13.7. The molecule has 0 aliphatic heterocycles. The highest BCUT2D eigenvalue weighted by Crippen LogP contribution is 2.30. The van der Waals surface area contributed by atoms with Gasteiger partial charge < -0.3 is 14.8 Å². The molecule has 7 heteroatoms. The number of aromatic amines is 1. The first kappa shape index (κ1) is 14.4. The molecule has 0 bridgehead atoms. The number of hydrogen-bond acceptors (Lipinski definition) is 5. The number of anilines is 1. The molecule has 3 rings (SSSR count). The number of fused-ring (bicyclic) bond motifs is 1. The molecule has 116 valence electrons. The number of carbonyl (C=O) groups excluding carboxylic acids is 1. The van der Waals surface area contributed by atoms with Gasteiger partial charge in [0, 0.05) is 18.4 Å². The van der Waals surface area contributed by atoms with Crippen LogP contribution in [0.2, 0.25) is 0 Å². The molecule has 1 aliphatic carbocycles. The largest absolute Gasteiger partial charge is 0.497 e. The van der Waals surface area contributed by atoms with E-state index in [9.17, 15) is 4.79 Å². The Kier molecular flexibility index (Phi) is 3.95. The molecule has 0 spiro atoms. The summed E-state index contributed by atoms with van der Waals surface area (Å²) in [5.41, 5.74) is 2.45. The van der Waals surface area contributed by atoms with E-state index in [2.05, 4.69) is 20.7 Å². The summed E-state index contributed by atoms with van der Waals surface area (Å²) in [6, 6.07) is 5.31. The SMILES string of the molecule is COc1ccc(OC)c(NC(=O)C2CCc3n[nH]nc3C2)c1. The van der Waals surface area contributed by atoms with E-state index < -0.39 is 0 Å². The van der Waals surface area contributed by atoms with Crippen LogP contribution in [0, 0.1) is 5.92 Å². The second-order valence-electron chi connectivity index (χ2n) is 5.21. The Morgan fingerprint density at radius 2 is 2.09 bits per heavy atom. The summed E-state index contributed by atoms with van der Waals surface area (Å²) in [7, 11) is 3.15. The molecule has 1 aromatic heterocycles. The second-order valence-corrected chi connectivity index (χ2v) is 5.21. The van der Waals surface area contributed by atoms with Crippen LogP contribution in [0.25, 0.3) is 0 Å². The minimum absolute atomic E-state index is 0.0415. The topological polar surface area (TPSA) is 89.1 Å². The molecule has 7 nitrogen and oxygen atoms in total. The average Bonchev–Trinajstić information content (AvgIpc) is 3.02. The maximum atomic E-state index is 12.5. The van der Waals surface area contributed by atoms with E-state index in [4.69, 9.17) is 9.47 Å². The molecule has 1 unspecified atom stereocenters. The van der Waals surface area contributed by atoms with Crippen LogP contribution in [-0.4, -0.2) is 35.5 Å². The third kappa shape index (κ3) is 2.74. The van der Waals surface area contributed by atoms with Crippen molar-refractivity contribution in [1.29, 1.82) is 0 Å². The number of hydrogen-bond donors (Lipinski definition) is 2. The maximum Gasteiger partial charge on any atom is 0.227 e. The Morgan fingerprint density at radius 3 is 2.86 bits per heavy atom. The predicted octanol–water partition coefficient (Wildman–Crippen LogP) is 1.57. The van der Waals surface area contributed by atoms with E-state index in [0.29, 0.717) is 23.6 Å². The van der Waals surface area contributed by atoms with E-state index in [-0.39, 0.29) is 11.8 Å². The summed E-state index contributed by atoms with van der Waals surface area (Å²) >= 11 is 0. The minimum Gasteiger partial charge on any atom is -0.497 e. The highest BCUT2D eigenvalue weighted by Gasteiger charge is 2.27. The Labute approximate surface area is 128 Å². The van der Waals surface area contributed by atoms with Crippen LogP contribution in [-0.2, 0) is 17.6 Å². The summed E-state index contributed by atoms with van der Waals surface area (Å²) in [6.07, 6.45) is 2.13. The summed E-state index contributed by atoms with van der Waals surface area (Å²) in [4.78, 5) is 12.5. The maximum absolute atomic E-state index is 12.5. The Bertz CT molecular complexity index is 683. The molecular weight excluding hydrogens is 284 g/mol. The highest BCUT2D eigenvalue weighted by molar-refractivity contribution is 5.94. The van der Waals surface area contributed by atoms with Crippen LogP contribution < -0.4 is 14.8 Å². The Morgan fingerprint density at radius 1 is 1.27 bits per heavy atom. The van der Waals surface area contributed by atoms with E-state index in [1.807, 2.05) is 0 Å². The van der Waals surface area contributed by atoms with Gasteiger partial charge in [0.25, 0.3) is 0 Å². The number of nitrogens with one attached hydrogen (secondary N) is 2. The Balaban J connectivity index is 1.74. The molecule has 2 N–H and O–H groups in total. The number of benzene rings is 1. The van der Waals surface area contributed by atoms with E-state index in [1.165, 1.54) is 0 Å². The van der Waals surface area contributed by atoms with Gasteiger partial charge in [-0.05, 0) is 25.0 Å². The van der Waals surface area contributed by atoms with E-state index >= 15 is 0 Å². The fourth-order valence-corrected chi connectivity index (χ4v) is 2.66. The molecule has 1 aliphatic rings. The van der Waals surface area contributed by atoms with Gasteiger partial charge in [0.15, 0.2) is 0 Å². The zero-order chi connectivity index (χ0) is 15.5. The number of rotatable bonds is 4. The molecule has 1 aromatic carbocycles. The van der Waals surface area contributed by atoms with Crippen molar-refractivity contribution in [1.82, 2.24) is 15.4 Å². The van der Waals surface area contributed by atoms with Crippen molar-refractivity contribution >= 4 is 11.6 Å². The predicted molar refractivity (Wildman–Crippen MR) is 80.1 cm³/mol. The Hall–Kier alpha value is -2.57. The smallest absolute Gasteiger partial charge is 0.227 e. The zero-order valence-corrected chi connectivity index (χ0v) is 12.5. The lowest BCUT2D eigenvalue weighted by Crippen LogP contribution is -2.28. The third-order valence-corrected chi connectivity index (χ3v) is 3.91. The molecular formula is C15H18N4O3. The molecule has 0 radical (unpaired) electrons. The van der Waals surface area contributed by atoms with Gasteiger partial charge in [-0.3, -0.25) is 4.79 Å². The van der Waals surface area contributed by atoms with E-state index in [1.54, 1.807) is 32.4 Å². The molecule has 1 atom stereocenters. The van der Waals surface area contributed by atoms with Gasteiger partial charge in [-0.1, -0.05) is 0 Å². The van der Waals surface area contributed by atoms with Crippen LogP contribution >= 0.6 is 0 Å². The number of aryl methyl sites for hydroxylation is 1. The van der Waals surface area contributed by atoms with Gasteiger partial charge in [-0.15, -0.1) is 0 Å². The second kappa shape index (κ2) is 6.05. The van der Waals surface area contributed by atoms with Crippen molar-refractivity contribution in [3.63, 3.8) is 0 Å². The molecule has 0 fully saturated rings. The number of aromatic nitrogens is 3. The standard InChI is InChI=1S/C15H18N4O3/c1-21-10-4-6-14(22-2)13(8-10)16-15(20)9-3-5-11-12(7-9)18-19-17-11/h4,6,8-9H,3,5,7H2,1-2H3,(H,16,20)(H,17,18,19). The fraction of sp³-hybridized carbons (Fsp3) is 0.400. The molecule has 1 heterocycles. The quantitative estimate of drug-likeness (QED) is 0.894. The van der Waals surface area contributed by atoms with Crippen LogP contribution in [0.1, 0.15) is 17.8 Å². The van der Waals surface area contributed by atoms with Crippen LogP contribution in [0.15, 0.2) is 18.2 Å². The van der Waals surface area contributed by atoms with Crippen molar-refractivity contribution in [2.45, 2.75) is 19.3 Å². The lowest BCUT2D eigenvalue weighted by Gasteiger charge is -2.20. The molecule has 0 saturated carbocycles.